The van der Waals surface area contributed by atoms with Gasteiger partial charge in [-0.1, -0.05) is 18.2 Å². The van der Waals surface area contributed by atoms with Crippen molar-refractivity contribution in [3.8, 4) is 0 Å². The van der Waals surface area contributed by atoms with E-state index in [1.54, 1.807) is 6.07 Å². The van der Waals surface area contributed by atoms with E-state index in [0.717, 1.165) is 37.3 Å². The molecule has 0 saturated heterocycles. The molecule has 1 saturated carbocycles. The van der Waals surface area contributed by atoms with Crippen molar-refractivity contribution in [1.82, 2.24) is 0 Å². The van der Waals surface area contributed by atoms with Gasteiger partial charge in [0.15, 0.2) is 0 Å². The third-order valence-corrected chi connectivity index (χ3v) is 3.46. The van der Waals surface area contributed by atoms with Gasteiger partial charge in [0.05, 0.1) is 5.56 Å². The van der Waals surface area contributed by atoms with Crippen molar-refractivity contribution in [2.75, 3.05) is 0 Å². The molecule has 1 aromatic rings. The summed E-state index contributed by atoms with van der Waals surface area (Å²) in [6.07, 6.45) is -0.659. The molecule has 0 atom stereocenters. The highest BCUT2D eigenvalue weighted by Crippen LogP contribution is 2.35. The Labute approximate surface area is 111 Å². The summed E-state index contributed by atoms with van der Waals surface area (Å²) in [7, 11) is 0. The van der Waals surface area contributed by atoms with Gasteiger partial charge in [-0.25, -0.2) is 0 Å². The summed E-state index contributed by atoms with van der Waals surface area (Å²) in [6, 6.07) is 5.90. The molecule has 0 amide bonds. The van der Waals surface area contributed by atoms with Crippen LogP contribution in [0.4, 0.5) is 13.2 Å². The summed E-state index contributed by atoms with van der Waals surface area (Å²) in [6.45, 7) is 0. The van der Waals surface area contributed by atoms with Crippen molar-refractivity contribution >= 4 is 12.4 Å². The van der Waals surface area contributed by atoms with Gasteiger partial charge < -0.3 is 5.73 Å². The summed E-state index contributed by atoms with van der Waals surface area (Å²) < 4.78 is 37.7. The van der Waals surface area contributed by atoms with Gasteiger partial charge in [-0.15, -0.1) is 12.4 Å². The molecule has 2 rings (SSSR count). The van der Waals surface area contributed by atoms with Crippen LogP contribution in [0.3, 0.4) is 0 Å². The Hall–Kier alpha value is -0.740. The smallest absolute Gasteiger partial charge is 0.328 e. The number of hydrogen-bond acceptors (Lipinski definition) is 1. The minimum absolute atomic E-state index is 0. The average Bonchev–Trinajstić information content (AvgIpc) is 2.29. The highest BCUT2D eigenvalue weighted by molar-refractivity contribution is 5.85. The lowest BCUT2D eigenvalue weighted by Gasteiger charge is -2.26. The van der Waals surface area contributed by atoms with E-state index in [4.69, 9.17) is 5.73 Å². The Balaban J connectivity index is 0.00000162. The molecule has 1 aromatic carbocycles. The van der Waals surface area contributed by atoms with E-state index in [-0.39, 0.29) is 24.4 Å². The minimum atomic E-state index is -4.25. The van der Waals surface area contributed by atoms with Gasteiger partial charge in [-0.2, -0.15) is 13.2 Å². The average molecular weight is 280 g/mol. The minimum Gasteiger partial charge on any atom is -0.328 e. The standard InChI is InChI=1S/C13H16F3N.ClH/c14-13(15,16)11-3-1-2-10(8-11)9-4-6-12(17)7-5-9;/h1-3,8-9,12H,4-7,17H2;1H/t9-,12+;. The Morgan fingerprint density at radius 1 is 1.06 bits per heavy atom. The van der Waals surface area contributed by atoms with Crippen LogP contribution >= 0.6 is 12.4 Å². The fourth-order valence-corrected chi connectivity index (χ4v) is 2.42. The first-order valence-corrected chi connectivity index (χ1v) is 5.89. The van der Waals surface area contributed by atoms with E-state index in [2.05, 4.69) is 0 Å². The van der Waals surface area contributed by atoms with Crippen molar-refractivity contribution in [3.05, 3.63) is 35.4 Å². The number of halogens is 4. The van der Waals surface area contributed by atoms with Gasteiger partial charge in [-0.3, -0.25) is 0 Å². The van der Waals surface area contributed by atoms with Crippen LogP contribution in [-0.4, -0.2) is 6.04 Å². The maximum Gasteiger partial charge on any atom is 0.416 e. The van der Waals surface area contributed by atoms with Crippen molar-refractivity contribution in [3.63, 3.8) is 0 Å². The molecule has 0 bridgehead atoms. The van der Waals surface area contributed by atoms with Gasteiger partial charge in [0.1, 0.15) is 0 Å². The van der Waals surface area contributed by atoms with E-state index >= 15 is 0 Å². The van der Waals surface area contributed by atoms with Crippen LogP contribution < -0.4 is 5.73 Å². The van der Waals surface area contributed by atoms with Gasteiger partial charge in [-0.05, 0) is 43.2 Å². The summed E-state index contributed by atoms with van der Waals surface area (Å²) in [5.74, 6) is 0.233. The first-order chi connectivity index (χ1) is 7.97. The van der Waals surface area contributed by atoms with Crippen LogP contribution in [0.2, 0.25) is 0 Å². The van der Waals surface area contributed by atoms with E-state index in [9.17, 15) is 13.2 Å². The maximum atomic E-state index is 12.6. The van der Waals surface area contributed by atoms with Crippen molar-refractivity contribution < 1.29 is 13.2 Å². The van der Waals surface area contributed by atoms with Crippen LogP contribution in [-0.2, 0) is 6.18 Å². The Morgan fingerprint density at radius 3 is 2.22 bits per heavy atom. The molecule has 2 N–H and O–H groups in total. The molecule has 0 aromatic heterocycles. The predicted octanol–water partition coefficient (Wildman–Crippen LogP) is 4.11. The Morgan fingerprint density at radius 2 is 1.67 bits per heavy atom. The molecule has 102 valence electrons. The van der Waals surface area contributed by atoms with Crippen LogP contribution in [0.15, 0.2) is 24.3 Å². The first-order valence-electron chi connectivity index (χ1n) is 5.89. The van der Waals surface area contributed by atoms with Crippen LogP contribution in [0, 0.1) is 0 Å². The van der Waals surface area contributed by atoms with Crippen molar-refractivity contribution in [2.24, 2.45) is 5.73 Å². The van der Waals surface area contributed by atoms with Crippen LogP contribution in [0.25, 0.3) is 0 Å². The van der Waals surface area contributed by atoms with Gasteiger partial charge in [0.2, 0.25) is 0 Å². The summed E-state index contributed by atoms with van der Waals surface area (Å²) in [5, 5.41) is 0. The number of alkyl halides is 3. The highest BCUT2D eigenvalue weighted by Gasteiger charge is 2.31. The fraction of sp³-hybridized carbons (Fsp3) is 0.538. The second kappa shape index (κ2) is 5.93. The molecule has 5 heteroatoms. The third-order valence-electron chi connectivity index (χ3n) is 3.46. The zero-order valence-electron chi connectivity index (χ0n) is 9.91. The molecule has 0 aliphatic heterocycles. The van der Waals surface area contributed by atoms with Gasteiger partial charge in [0, 0.05) is 6.04 Å². The second-order valence-corrected chi connectivity index (χ2v) is 4.73. The normalized spacial score (nSPS) is 24.4. The quantitative estimate of drug-likeness (QED) is 0.822. The summed E-state index contributed by atoms with van der Waals surface area (Å²) in [5.41, 5.74) is 6.04. The highest BCUT2D eigenvalue weighted by atomic mass is 35.5. The number of hydrogen-bond donors (Lipinski definition) is 1. The lowest BCUT2D eigenvalue weighted by Crippen LogP contribution is -2.25. The molecule has 1 fully saturated rings. The lowest BCUT2D eigenvalue weighted by molar-refractivity contribution is -0.137. The summed E-state index contributed by atoms with van der Waals surface area (Å²) >= 11 is 0. The number of rotatable bonds is 1. The Bertz CT molecular complexity index is 384. The zero-order valence-corrected chi connectivity index (χ0v) is 10.7. The number of nitrogens with two attached hydrogens (primary N) is 1. The SMILES string of the molecule is Cl.N[C@H]1CC[C@@H](c2cccc(C(F)(F)F)c2)CC1. The molecule has 0 radical (unpaired) electrons. The molecule has 1 aliphatic rings. The van der Waals surface area contributed by atoms with Crippen LogP contribution in [0.5, 0.6) is 0 Å². The summed E-state index contributed by atoms with van der Waals surface area (Å²) in [4.78, 5) is 0. The molecular weight excluding hydrogens is 263 g/mol. The molecule has 0 spiro atoms. The second-order valence-electron chi connectivity index (χ2n) is 4.73. The molecular formula is C13H17ClF3N. The van der Waals surface area contributed by atoms with E-state index in [1.807, 2.05) is 0 Å². The topological polar surface area (TPSA) is 26.0 Å². The van der Waals surface area contributed by atoms with Gasteiger partial charge >= 0.3 is 6.18 Å². The van der Waals surface area contributed by atoms with E-state index in [0.29, 0.717) is 0 Å². The maximum absolute atomic E-state index is 12.6. The lowest BCUT2D eigenvalue weighted by atomic mass is 9.81. The molecule has 0 unspecified atom stereocenters. The van der Waals surface area contributed by atoms with Crippen molar-refractivity contribution in [1.29, 1.82) is 0 Å². The molecule has 0 heterocycles. The monoisotopic (exact) mass is 279 g/mol. The van der Waals surface area contributed by atoms with E-state index < -0.39 is 11.7 Å². The predicted molar refractivity (Wildman–Crippen MR) is 67.9 cm³/mol. The number of benzene rings is 1. The molecule has 1 nitrogen and oxygen atoms in total. The van der Waals surface area contributed by atoms with Crippen LogP contribution in [0.1, 0.15) is 42.7 Å². The fourth-order valence-electron chi connectivity index (χ4n) is 2.42. The largest absolute Gasteiger partial charge is 0.416 e. The van der Waals surface area contributed by atoms with E-state index in [1.165, 1.54) is 12.1 Å². The Kier molecular flexibility index (Phi) is 5.05. The molecule has 1 aliphatic carbocycles. The first kappa shape index (κ1) is 15.3. The van der Waals surface area contributed by atoms with Crippen molar-refractivity contribution in [2.45, 2.75) is 43.8 Å². The van der Waals surface area contributed by atoms with Gasteiger partial charge in [0.25, 0.3) is 0 Å². The third kappa shape index (κ3) is 3.62. The zero-order chi connectivity index (χ0) is 12.5. The molecule has 18 heavy (non-hydrogen) atoms.